The average Bonchev–Trinajstić information content (AvgIpc) is 2.80. The van der Waals surface area contributed by atoms with Gasteiger partial charge in [0.05, 0.1) is 6.54 Å². The maximum atomic E-state index is 9.54. The third-order valence-corrected chi connectivity index (χ3v) is 3.30. The maximum absolute atomic E-state index is 9.54. The van der Waals surface area contributed by atoms with Gasteiger partial charge in [0.2, 0.25) is 0 Å². The zero-order valence-corrected chi connectivity index (χ0v) is 11.0. The number of rotatable bonds is 2. The molecule has 1 atom stereocenters. The molecule has 2 aromatic heterocycles. The summed E-state index contributed by atoms with van der Waals surface area (Å²) in [7, 11) is 0. The summed E-state index contributed by atoms with van der Waals surface area (Å²) in [5.41, 5.74) is 0. The quantitative estimate of drug-likeness (QED) is 0.844. The Morgan fingerprint density at radius 2 is 2.16 bits per heavy atom. The molecule has 2 aromatic rings. The third kappa shape index (κ3) is 2.17. The second-order valence-electron chi connectivity index (χ2n) is 4.69. The lowest BCUT2D eigenvalue weighted by Gasteiger charge is -2.28. The first kappa shape index (κ1) is 12.0. The molecular weight excluding hydrogens is 244 g/mol. The summed E-state index contributed by atoms with van der Waals surface area (Å²) in [5, 5.41) is 17.8. The van der Waals surface area contributed by atoms with E-state index in [0.717, 1.165) is 30.6 Å². The lowest BCUT2D eigenvalue weighted by atomic mass is 10.3. The van der Waals surface area contributed by atoms with Crippen molar-refractivity contribution in [3.8, 4) is 0 Å². The first-order chi connectivity index (χ1) is 9.15. The van der Waals surface area contributed by atoms with E-state index >= 15 is 0 Å². The number of anilines is 1. The van der Waals surface area contributed by atoms with Gasteiger partial charge in [-0.05, 0) is 19.9 Å². The van der Waals surface area contributed by atoms with E-state index in [1.807, 2.05) is 13.0 Å². The Morgan fingerprint density at radius 3 is 2.95 bits per heavy atom. The molecule has 0 aromatic carbocycles. The number of hydrogen-bond donors (Lipinski definition) is 1. The predicted octanol–water partition coefficient (Wildman–Crippen LogP) is 0.450. The van der Waals surface area contributed by atoms with E-state index < -0.39 is 6.10 Å². The summed E-state index contributed by atoms with van der Waals surface area (Å²) in [6, 6.07) is 1.85. The van der Waals surface area contributed by atoms with Gasteiger partial charge in [0.25, 0.3) is 0 Å². The second kappa shape index (κ2) is 4.58. The highest BCUT2D eigenvalue weighted by Gasteiger charge is 2.21. The summed E-state index contributed by atoms with van der Waals surface area (Å²) in [5.74, 6) is 3.15. The van der Waals surface area contributed by atoms with Gasteiger partial charge in [-0.3, -0.25) is 0 Å². The molecule has 3 heterocycles. The normalized spacial score (nSPS) is 16.3. The molecule has 0 amide bonds. The minimum atomic E-state index is -0.657. The van der Waals surface area contributed by atoms with Crippen LogP contribution < -0.4 is 4.90 Å². The van der Waals surface area contributed by atoms with Crippen molar-refractivity contribution in [3.63, 3.8) is 0 Å². The first-order valence-electron chi connectivity index (χ1n) is 6.30. The van der Waals surface area contributed by atoms with Crippen LogP contribution in [0.5, 0.6) is 0 Å². The topological polar surface area (TPSA) is 80.0 Å². The Morgan fingerprint density at radius 1 is 1.32 bits per heavy atom. The molecule has 1 aliphatic heterocycles. The van der Waals surface area contributed by atoms with Crippen LogP contribution in [0.15, 0.2) is 12.3 Å². The highest BCUT2D eigenvalue weighted by atomic mass is 16.3. The lowest BCUT2D eigenvalue weighted by Crippen LogP contribution is -2.34. The number of aromatic nitrogens is 5. The van der Waals surface area contributed by atoms with E-state index in [1.54, 1.807) is 13.1 Å². The van der Waals surface area contributed by atoms with E-state index in [9.17, 15) is 5.11 Å². The summed E-state index contributed by atoms with van der Waals surface area (Å²) in [6.07, 6.45) is 1.02. The van der Waals surface area contributed by atoms with Crippen LogP contribution in [0.4, 0.5) is 5.82 Å². The van der Waals surface area contributed by atoms with Crippen molar-refractivity contribution in [1.82, 2.24) is 24.7 Å². The zero-order chi connectivity index (χ0) is 13.4. The summed E-state index contributed by atoms with van der Waals surface area (Å²) in [4.78, 5) is 10.6. The number of hydrogen-bond acceptors (Lipinski definition) is 6. The fourth-order valence-corrected chi connectivity index (χ4v) is 2.24. The zero-order valence-electron chi connectivity index (χ0n) is 11.0. The molecule has 0 saturated heterocycles. The van der Waals surface area contributed by atoms with Gasteiger partial charge in [0, 0.05) is 19.3 Å². The van der Waals surface area contributed by atoms with Crippen molar-refractivity contribution < 1.29 is 5.11 Å². The first-order valence-corrected chi connectivity index (χ1v) is 6.30. The van der Waals surface area contributed by atoms with Gasteiger partial charge in [-0.2, -0.15) is 0 Å². The Balaban J connectivity index is 1.86. The Labute approximate surface area is 110 Å². The van der Waals surface area contributed by atoms with E-state index in [4.69, 9.17) is 0 Å². The van der Waals surface area contributed by atoms with Crippen LogP contribution in [0, 0.1) is 6.92 Å². The molecule has 0 bridgehead atoms. The van der Waals surface area contributed by atoms with Gasteiger partial charge >= 0.3 is 0 Å². The van der Waals surface area contributed by atoms with Crippen molar-refractivity contribution >= 4 is 5.82 Å². The van der Waals surface area contributed by atoms with Crippen LogP contribution >= 0.6 is 0 Å². The third-order valence-electron chi connectivity index (χ3n) is 3.30. The van der Waals surface area contributed by atoms with Gasteiger partial charge in [-0.15, -0.1) is 10.2 Å². The largest absolute Gasteiger partial charge is 0.385 e. The van der Waals surface area contributed by atoms with E-state index in [0.29, 0.717) is 12.4 Å². The Bertz CT molecular complexity index is 594. The van der Waals surface area contributed by atoms with Crippen LogP contribution in [0.1, 0.15) is 30.5 Å². The molecule has 0 fully saturated rings. The molecular formula is C12H16N6O. The number of aryl methyl sites for hydroxylation is 1. The monoisotopic (exact) mass is 260 g/mol. The van der Waals surface area contributed by atoms with E-state index in [-0.39, 0.29) is 0 Å². The van der Waals surface area contributed by atoms with Crippen molar-refractivity contribution in [1.29, 1.82) is 0 Å². The number of aliphatic hydroxyl groups is 1. The average molecular weight is 260 g/mol. The summed E-state index contributed by atoms with van der Waals surface area (Å²) in [6.45, 7) is 6.00. The number of aliphatic hydroxyl groups excluding tert-OH is 1. The minimum Gasteiger partial charge on any atom is -0.385 e. The lowest BCUT2D eigenvalue weighted by molar-refractivity contribution is 0.189. The van der Waals surface area contributed by atoms with Crippen molar-refractivity contribution in [2.75, 3.05) is 11.4 Å². The van der Waals surface area contributed by atoms with E-state index in [1.165, 1.54) is 0 Å². The predicted molar refractivity (Wildman–Crippen MR) is 68.5 cm³/mol. The van der Waals surface area contributed by atoms with Crippen molar-refractivity contribution in [2.24, 2.45) is 0 Å². The van der Waals surface area contributed by atoms with E-state index in [2.05, 4.69) is 29.6 Å². The molecule has 7 nitrogen and oxygen atoms in total. The van der Waals surface area contributed by atoms with Crippen LogP contribution in [0.25, 0.3) is 0 Å². The molecule has 0 radical (unpaired) electrons. The van der Waals surface area contributed by atoms with Crippen LogP contribution in [-0.2, 0) is 13.1 Å². The number of fused-ring (bicyclic) bond motifs is 1. The van der Waals surface area contributed by atoms with Crippen LogP contribution in [0.3, 0.4) is 0 Å². The molecule has 100 valence electrons. The molecule has 0 aliphatic carbocycles. The summed E-state index contributed by atoms with van der Waals surface area (Å²) >= 11 is 0. The van der Waals surface area contributed by atoms with Crippen molar-refractivity contribution in [2.45, 2.75) is 33.0 Å². The van der Waals surface area contributed by atoms with Gasteiger partial charge in [0.15, 0.2) is 11.6 Å². The molecule has 19 heavy (non-hydrogen) atoms. The molecule has 0 spiro atoms. The fraction of sp³-hybridized carbons (Fsp3) is 0.500. The second-order valence-corrected chi connectivity index (χ2v) is 4.69. The number of nitrogens with zero attached hydrogens (tertiary/aromatic N) is 6. The highest BCUT2D eigenvalue weighted by Crippen LogP contribution is 2.19. The smallest absolute Gasteiger partial charge is 0.158 e. The Kier molecular flexibility index (Phi) is 2.90. The molecule has 7 heteroatoms. The van der Waals surface area contributed by atoms with Gasteiger partial charge in [0.1, 0.15) is 17.7 Å². The van der Waals surface area contributed by atoms with Gasteiger partial charge in [-0.25, -0.2) is 9.97 Å². The SMILES string of the molecule is Cc1nnc2n1CCN(c1ccnc([C@@H](C)O)n1)C2. The molecule has 1 N–H and O–H groups in total. The van der Waals surface area contributed by atoms with Crippen molar-refractivity contribution in [3.05, 3.63) is 29.7 Å². The van der Waals surface area contributed by atoms with Crippen LogP contribution in [0.2, 0.25) is 0 Å². The Hall–Kier alpha value is -2.02. The molecule has 1 aliphatic rings. The molecule has 3 rings (SSSR count). The standard InChI is InChI=1S/C12H16N6O/c1-8(19)12-13-4-3-10(14-12)17-5-6-18-9(2)15-16-11(18)7-17/h3-4,8,19H,5-7H2,1-2H3/t8-/m1/s1. The van der Waals surface area contributed by atoms with Gasteiger partial charge < -0.3 is 14.6 Å². The van der Waals surface area contributed by atoms with Crippen LogP contribution in [-0.4, -0.2) is 36.4 Å². The maximum Gasteiger partial charge on any atom is 0.158 e. The molecule has 0 saturated carbocycles. The molecule has 0 unspecified atom stereocenters. The minimum absolute atomic E-state index is 0.445. The highest BCUT2D eigenvalue weighted by molar-refractivity contribution is 5.38. The fourth-order valence-electron chi connectivity index (χ4n) is 2.24. The van der Waals surface area contributed by atoms with Gasteiger partial charge in [-0.1, -0.05) is 0 Å². The summed E-state index contributed by atoms with van der Waals surface area (Å²) < 4.78 is 2.12.